The summed E-state index contributed by atoms with van der Waals surface area (Å²) in [4.78, 5) is 26.7. The molecule has 140 valence electrons. The topological polar surface area (TPSA) is 58.6 Å². The van der Waals surface area contributed by atoms with E-state index in [1.807, 2.05) is 37.3 Å². The zero-order chi connectivity index (χ0) is 18.9. The zero-order valence-electron chi connectivity index (χ0n) is 15.5. The third-order valence-corrected chi connectivity index (χ3v) is 5.51. The van der Waals surface area contributed by atoms with E-state index in [9.17, 15) is 9.59 Å². The van der Waals surface area contributed by atoms with Crippen LogP contribution in [0, 0.1) is 5.92 Å². The second kappa shape index (κ2) is 7.25. The largest absolute Gasteiger partial charge is 0.376 e. The number of carbonyl (C=O) groups is 2. The van der Waals surface area contributed by atoms with E-state index < -0.39 is 0 Å². The van der Waals surface area contributed by atoms with Crippen molar-refractivity contribution in [2.45, 2.75) is 25.5 Å². The van der Waals surface area contributed by atoms with Crippen LogP contribution in [-0.4, -0.2) is 41.9 Å². The number of ether oxygens (including phenoxy) is 1. The van der Waals surface area contributed by atoms with Crippen molar-refractivity contribution in [3.63, 3.8) is 0 Å². The van der Waals surface area contributed by atoms with Crippen molar-refractivity contribution in [3.8, 4) is 0 Å². The van der Waals surface area contributed by atoms with Crippen LogP contribution in [0.3, 0.4) is 0 Å². The maximum Gasteiger partial charge on any atom is 0.261 e. The van der Waals surface area contributed by atoms with E-state index in [4.69, 9.17) is 4.74 Å². The van der Waals surface area contributed by atoms with Crippen LogP contribution in [0.1, 0.15) is 39.6 Å². The maximum absolute atomic E-state index is 12.7. The van der Waals surface area contributed by atoms with Gasteiger partial charge in [0.1, 0.15) is 0 Å². The Hall–Kier alpha value is -2.50. The van der Waals surface area contributed by atoms with Crippen LogP contribution >= 0.6 is 0 Å². The molecule has 0 aromatic heterocycles. The molecular formula is C22H24N2O3. The molecular weight excluding hydrogens is 340 g/mol. The first-order valence-corrected chi connectivity index (χ1v) is 9.46. The Bertz CT molecular complexity index is 817. The average molecular weight is 364 g/mol. The van der Waals surface area contributed by atoms with Gasteiger partial charge in [-0.15, -0.1) is 0 Å². The molecule has 27 heavy (non-hydrogen) atoms. The summed E-state index contributed by atoms with van der Waals surface area (Å²) in [5.74, 6) is -0.0852. The molecule has 1 aliphatic carbocycles. The lowest BCUT2D eigenvalue weighted by Gasteiger charge is -2.24. The SMILES string of the molecule is CCN[C@@]1(CN2C(=O)c3ccccc3C2=O)C[C@@H]1COCc1ccccc1. The van der Waals surface area contributed by atoms with Crippen LogP contribution in [0.25, 0.3) is 0 Å². The monoisotopic (exact) mass is 364 g/mol. The summed E-state index contributed by atoms with van der Waals surface area (Å²) < 4.78 is 5.90. The fourth-order valence-corrected chi connectivity index (χ4v) is 3.98. The summed E-state index contributed by atoms with van der Waals surface area (Å²) in [6.45, 7) is 4.42. The number of carbonyl (C=O) groups excluding carboxylic acids is 2. The summed E-state index contributed by atoms with van der Waals surface area (Å²) in [5, 5.41) is 3.50. The van der Waals surface area contributed by atoms with Crippen LogP contribution in [0.15, 0.2) is 54.6 Å². The number of hydrogen-bond acceptors (Lipinski definition) is 4. The first kappa shape index (κ1) is 17.9. The van der Waals surface area contributed by atoms with Gasteiger partial charge < -0.3 is 10.1 Å². The third kappa shape index (κ3) is 3.40. The second-order valence-corrected chi connectivity index (χ2v) is 7.33. The number of nitrogens with zero attached hydrogens (tertiary/aromatic N) is 1. The van der Waals surface area contributed by atoms with Crippen LogP contribution in [0.5, 0.6) is 0 Å². The molecule has 0 bridgehead atoms. The average Bonchev–Trinajstić information content (AvgIpc) is 3.32. The molecule has 1 fully saturated rings. The molecule has 1 aliphatic heterocycles. The van der Waals surface area contributed by atoms with Crippen molar-refractivity contribution in [1.82, 2.24) is 10.2 Å². The van der Waals surface area contributed by atoms with Gasteiger partial charge in [0, 0.05) is 18.0 Å². The number of fused-ring (bicyclic) bond motifs is 1. The molecule has 1 N–H and O–H groups in total. The molecule has 5 nitrogen and oxygen atoms in total. The van der Waals surface area contributed by atoms with Gasteiger partial charge in [0.15, 0.2) is 0 Å². The van der Waals surface area contributed by atoms with E-state index >= 15 is 0 Å². The lowest BCUT2D eigenvalue weighted by atomic mass is 10.1. The van der Waals surface area contributed by atoms with Gasteiger partial charge >= 0.3 is 0 Å². The van der Waals surface area contributed by atoms with Crippen LogP contribution in [0.4, 0.5) is 0 Å². The van der Waals surface area contributed by atoms with Crippen LogP contribution in [-0.2, 0) is 11.3 Å². The highest BCUT2D eigenvalue weighted by molar-refractivity contribution is 6.21. The minimum absolute atomic E-state index is 0.191. The minimum Gasteiger partial charge on any atom is -0.376 e. The van der Waals surface area contributed by atoms with Gasteiger partial charge in [0.25, 0.3) is 11.8 Å². The molecule has 2 aromatic rings. The molecule has 0 spiro atoms. The van der Waals surface area contributed by atoms with Crippen molar-refractivity contribution < 1.29 is 14.3 Å². The van der Waals surface area contributed by atoms with Crippen molar-refractivity contribution in [2.24, 2.45) is 5.92 Å². The number of imide groups is 1. The number of nitrogens with one attached hydrogen (secondary N) is 1. The summed E-state index contributed by atoms with van der Waals surface area (Å²) in [7, 11) is 0. The van der Waals surface area contributed by atoms with Gasteiger partial charge in [-0.05, 0) is 30.7 Å². The summed E-state index contributed by atoms with van der Waals surface area (Å²) >= 11 is 0. The first-order chi connectivity index (χ1) is 13.1. The fourth-order valence-electron chi connectivity index (χ4n) is 3.98. The van der Waals surface area contributed by atoms with Gasteiger partial charge in [0.05, 0.1) is 24.3 Å². The van der Waals surface area contributed by atoms with Gasteiger partial charge in [-0.25, -0.2) is 0 Å². The molecule has 0 unspecified atom stereocenters. The van der Waals surface area contributed by atoms with Gasteiger partial charge in [-0.2, -0.15) is 0 Å². The molecule has 1 heterocycles. The standard InChI is InChI=1S/C22H24N2O3/c1-2-23-22(12-17(22)14-27-13-16-8-4-3-5-9-16)15-24-20(25)18-10-6-7-11-19(18)21(24)26/h3-11,17,23H,2,12-15H2,1H3/t17-,22-/m1/s1. The molecule has 2 aromatic carbocycles. The van der Waals surface area contributed by atoms with Crippen molar-refractivity contribution in [3.05, 3.63) is 71.3 Å². The van der Waals surface area contributed by atoms with E-state index in [0.29, 0.717) is 36.8 Å². The fraction of sp³-hybridized carbons (Fsp3) is 0.364. The van der Waals surface area contributed by atoms with E-state index in [1.54, 1.807) is 24.3 Å². The Labute approximate surface area is 159 Å². The third-order valence-electron chi connectivity index (χ3n) is 5.51. The number of amides is 2. The smallest absolute Gasteiger partial charge is 0.261 e. The molecule has 0 saturated heterocycles. The molecule has 2 amide bonds. The Morgan fingerprint density at radius 2 is 1.67 bits per heavy atom. The molecule has 1 saturated carbocycles. The molecule has 5 heteroatoms. The second-order valence-electron chi connectivity index (χ2n) is 7.33. The van der Waals surface area contributed by atoms with Gasteiger partial charge in [0.2, 0.25) is 0 Å². The number of rotatable bonds is 8. The van der Waals surface area contributed by atoms with E-state index in [-0.39, 0.29) is 17.4 Å². The predicted molar refractivity (Wildman–Crippen MR) is 102 cm³/mol. The van der Waals surface area contributed by atoms with Crippen molar-refractivity contribution in [2.75, 3.05) is 19.7 Å². The summed E-state index contributed by atoms with van der Waals surface area (Å²) in [6, 6.07) is 17.1. The quantitative estimate of drug-likeness (QED) is 0.732. The number of hydrogen-bond donors (Lipinski definition) is 1. The Kier molecular flexibility index (Phi) is 4.81. The minimum atomic E-state index is -0.237. The lowest BCUT2D eigenvalue weighted by molar-refractivity contribution is 0.0610. The Morgan fingerprint density at radius 3 is 2.30 bits per heavy atom. The van der Waals surface area contributed by atoms with Crippen molar-refractivity contribution in [1.29, 1.82) is 0 Å². The Balaban J connectivity index is 1.39. The normalized spacial score (nSPS) is 23.6. The highest BCUT2D eigenvalue weighted by atomic mass is 16.5. The number of benzene rings is 2. The predicted octanol–water partition coefficient (Wildman–Crippen LogP) is 2.87. The van der Waals surface area contributed by atoms with E-state index in [1.165, 1.54) is 4.90 Å². The molecule has 0 radical (unpaired) electrons. The van der Waals surface area contributed by atoms with E-state index in [0.717, 1.165) is 18.5 Å². The Morgan fingerprint density at radius 1 is 1.04 bits per heavy atom. The molecule has 2 atom stereocenters. The highest BCUT2D eigenvalue weighted by Gasteiger charge is 2.56. The molecule has 4 rings (SSSR count). The number of likely N-dealkylation sites (N-methyl/N-ethyl adjacent to an activating group) is 1. The van der Waals surface area contributed by atoms with Crippen LogP contribution < -0.4 is 5.32 Å². The zero-order valence-corrected chi connectivity index (χ0v) is 15.5. The highest BCUT2D eigenvalue weighted by Crippen LogP contribution is 2.45. The first-order valence-electron chi connectivity index (χ1n) is 9.46. The summed E-state index contributed by atoms with van der Waals surface area (Å²) in [5.41, 5.74) is 1.92. The van der Waals surface area contributed by atoms with Gasteiger partial charge in [-0.3, -0.25) is 14.5 Å². The summed E-state index contributed by atoms with van der Waals surface area (Å²) in [6.07, 6.45) is 0.906. The maximum atomic E-state index is 12.7. The van der Waals surface area contributed by atoms with E-state index in [2.05, 4.69) is 5.32 Å². The van der Waals surface area contributed by atoms with Crippen molar-refractivity contribution >= 4 is 11.8 Å². The van der Waals surface area contributed by atoms with Crippen LogP contribution in [0.2, 0.25) is 0 Å². The molecule has 2 aliphatic rings. The lowest BCUT2D eigenvalue weighted by Crippen LogP contribution is -2.47. The van der Waals surface area contributed by atoms with Gasteiger partial charge in [-0.1, -0.05) is 49.4 Å².